The van der Waals surface area contributed by atoms with Crippen molar-refractivity contribution in [1.29, 1.82) is 0 Å². The van der Waals surface area contributed by atoms with Gasteiger partial charge >= 0.3 is 0 Å². The predicted molar refractivity (Wildman–Crippen MR) is 72.5 cm³/mol. The molecule has 0 saturated carbocycles. The van der Waals surface area contributed by atoms with Crippen molar-refractivity contribution < 1.29 is 9.90 Å². The third-order valence-corrected chi connectivity index (χ3v) is 4.13. The van der Waals surface area contributed by atoms with E-state index >= 15 is 0 Å². The molecule has 3 atom stereocenters. The van der Waals surface area contributed by atoms with Crippen LogP contribution in [0.25, 0.3) is 0 Å². The van der Waals surface area contributed by atoms with E-state index in [0.717, 1.165) is 19.4 Å². The number of benzene rings is 1. The minimum atomic E-state index is -0.383. The fraction of sp³-hybridized carbons (Fsp3) is 0.533. The fourth-order valence-corrected chi connectivity index (χ4v) is 3.16. The molecule has 3 rings (SSSR count). The standard InChI is InChI=1S/C15H20N2O2/c18-12-9-13(16-10-12)15(19)17-8-4-7-14(17)11-5-2-1-3-6-11/h1-3,5-6,12-14,16,18H,4,7-10H2. The van der Waals surface area contributed by atoms with Crippen LogP contribution in [0.3, 0.4) is 0 Å². The predicted octanol–water partition coefficient (Wildman–Crippen LogP) is 1.07. The van der Waals surface area contributed by atoms with Gasteiger partial charge in [-0.15, -0.1) is 0 Å². The summed E-state index contributed by atoms with van der Waals surface area (Å²) in [5, 5.41) is 12.7. The molecule has 2 aliphatic heterocycles. The maximum absolute atomic E-state index is 12.5. The van der Waals surface area contributed by atoms with Crippen LogP contribution < -0.4 is 5.32 Å². The van der Waals surface area contributed by atoms with Crippen molar-refractivity contribution in [3.63, 3.8) is 0 Å². The molecule has 3 unspecified atom stereocenters. The zero-order valence-corrected chi connectivity index (χ0v) is 11.0. The van der Waals surface area contributed by atoms with Crippen molar-refractivity contribution >= 4 is 5.91 Å². The van der Waals surface area contributed by atoms with E-state index in [-0.39, 0.29) is 24.1 Å². The first-order valence-electron chi connectivity index (χ1n) is 7.02. The molecule has 4 heteroatoms. The number of β-amino-alcohol motifs (C(OH)–C–C–N with tert-alkyl or cyclic N) is 1. The Bertz CT molecular complexity index is 449. The minimum absolute atomic E-state index is 0.142. The molecule has 1 aromatic carbocycles. The Morgan fingerprint density at radius 1 is 1.32 bits per heavy atom. The Labute approximate surface area is 113 Å². The van der Waals surface area contributed by atoms with E-state index in [1.54, 1.807) is 0 Å². The number of rotatable bonds is 2. The van der Waals surface area contributed by atoms with Gasteiger partial charge in [0, 0.05) is 13.1 Å². The van der Waals surface area contributed by atoms with Gasteiger partial charge in [0.15, 0.2) is 0 Å². The third kappa shape index (κ3) is 2.51. The van der Waals surface area contributed by atoms with Crippen LogP contribution in [0.5, 0.6) is 0 Å². The van der Waals surface area contributed by atoms with Gasteiger partial charge in [-0.05, 0) is 24.8 Å². The highest BCUT2D eigenvalue weighted by Crippen LogP contribution is 2.32. The summed E-state index contributed by atoms with van der Waals surface area (Å²) in [4.78, 5) is 14.5. The molecule has 0 radical (unpaired) electrons. The molecule has 2 heterocycles. The summed E-state index contributed by atoms with van der Waals surface area (Å²) in [5.41, 5.74) is 1.21. The van der Waals surface area contributed by atoms with Crippen LogP contribution in [0, 0.1) is 0 Å². The molecule has 19 heavy (non-hydrogen) atoms. The van der Waals surface area contributed by atoms with Crippen LogP contribution in [0.4, 0.5) is 0 Å². The Balaban J connectivity index is 1.74. The second-order valence-corrected chi connectivity index (χ2v) is 5.45. The SMILES string of the molecule is O=C(C1CC(O)CN1)N1CCCC1c1ccccc1. The molecule has 2 N–H and O–H groups in total. The van der Waals surface area contributed by atoms with Crippen LogP contribution in [0.15, 0.2) is 30.3 Å². The van der Waals surface area contributed by atoms with Gasteiger partial charge in [-0.3, -0.25) is 4.79 Å². The number of aliphatic hydroxyl groups excluding tert-OH is 1. The maximum Gasteiger partial charge on any atom is 0.240 e. The van der Waals surface area contributed by atoms with Gasteiger partial charge in [0.25, 0.3) is 0 Å². The lowest BCUT2D eigenvalue weighted by atomic mass is 10.0. The topological polar surface area (TPSA) is 52.6 Å². The van der Waals surface area contributed by atoms with E-state index in [1.165, 1.54) is 5.56 Å². The highest BCUT2D eigenvalue weighted by Gasteiger charge is 2.36. The number of carbonyl (C=O) groups excluding carboxylic acids is 1. The molecule has 0 aliphatic carbocycles. The summed E-state index contributed by atoms with van der Waals surface area (Å²) in [6.45, 7) is 1.35. The average Bonchev–Trinajstić information content (AvgIpc) is 3.07. The van der Waals surface area contributed by atoms with E-state index < -0.39 is 0 Å². The first-order valence-corrected chi connectivity index (χ1v) is 7.02. The van der Waals surface area contributed by atoms with Crippen LogP contribution in [-0.2, 0) is 4.79 Å². The summed E-state index contributed by atoms with van der Waals surface area (Å²) < 4.78 is 0. The number of nitrogens with zero attached hydrogens (tertiary/aromatic N) is 1. The van der Waals surface area contributed by atoms with Crippen molar-refractivity contribution in [3.8, 4) is 0 Å². The first kappa shape index (κ1) is 12.6. The molecular formula is C15H20N2O2. The molecule has 2 fully saturated rings. The van der Waals surface area contributed by atoms with E-state index in [9.17, 15) is 9.90 Å². The van der Waals surface area contributed by atoms with Gasteiger partial charge in [-0.2, -0.15) is 0 Å². The zero-order valence-electron chi connectivity index (χ0n) is 11.0. The molecule has 0 bridgehead atoms. The molecule has 1 amide bonds. The molecule has 2 saturated heterocycles. The summed E-state index contributed by atoms with van der Waals surface area (Å²) >= 11 is 0. The largest absolute Gasteiger partial charge is 0.392 e. The second kappa shape index (κ2) is 5.31. The highest BCUT2D eigenvalue weighted by atomic mass is 16.3. The highest BCUT2D eigenvalue weighted by molar-refractivity contribution is 5.83. The van der Waals surface area contributed by atoms with Crippen LogP contribution in [0.1, 0.15) is 30.9 Å². The molecule has 102 valence electrons. The molecular weight excluding hydrogens is 240 g/mol. The van der Waals surface area contributed by atoms with Crippen molar-refractivity contribution in [3.05, 3.63) is 35.9 Å². The Morgan fingerprint density at radius 2 is 2.11 bits per heavy atom. The lowest BCUT2D eigenvalue weighted by molar-refractivity contribution is -0.134. The first-order chi connectivity index (χ1) is 9.25. The summed E-state index contributed by atoms with van der Waals surface area (Å²) in [5.74, 6) is 0.142. The smallest absolute Gasteiger partial charge is 0.240 e. The van der Waals surface area contributed by atoms with Gasteiger partial charge in [-0.1, -0.05) is 30.3 Å². The summed E-state index contributed by atoms with van der Waals surface area (Å²) in [6, 6.07) is 10.2. The van der Waals surface area contributed by atoms with Crippen molar-refractivity contribution in [1.82, 2.24) is 10.2 Å². The lowest BCUT2D eigenvalue weighted by Gasteiger charge is -2.27. The van der Waals surface area contributed by atoms with Crippen LogP contribution in [-0.4, -0.2) is 41.1 Å². The number of carbonyl (C=O) groups is 1. The quantitative estimate of drug-likeness (QED) is 0.836. The molecule has 4 nitrogen and oxygen atoms in total. The van der Waals surface area contributed by atoms with E-state index in [4.69, 9.17) is 0 Å². The van der Waals surface area contributed by atoms with Crippen molar-refractivity contribution in [2.45, 2.75) is 37.5 Å². The maximum atomic E-state index is 12.5. The van der Waals surface area contributed by atoms with Crippen LogP contribution in [0.2, 0.25) is 0 Å². The average molecular weight is 260 g/mol. The van der Waals surface area contributed by atoms with E-state index in [2.05, 4.69) is 17.4 Å². The van der Waals surface area contributed by atoms with Gasteiger partial charge in [0.05, 0.1) is 18.2 Å². The monoisotopic (exact) mass is 260 g/mol. The fourth-order valence-electron chi connectivity index (χ4n) is 3.16. The van der Waals surface area contributed by atoms with Gasteiger partial charge < -0.3 is 15.3 Å². The van der Waals surface area contributed by atoms with E-state index in [0.29, 0.717) is 13.0 Å². The number of aliphatic hydroxyl groups is 1. The van der Waals surface area contributed by atoms with Gasteiger partial charge in [-0.25, -0.2) is 0 Å². The van der Waals surface area contributed by atoms with Crippen LogP contribution >= 0.6 is 0 Å². The molecule has 0 aromatic heterocycles. The number of nitrogens with one attached hydrogen (secondary N) is 1. The van der Waals surface area contributed by atoms with Crippen molar-refractivity contribution in [2.24, 2.45) is 0 Å². The number of hydrogen-bond acceptors (Lipinski definition) is 3. The summed E-state index contributed by atoms with van der Waals surface area (Å²) in [7, 11) is 0. The van der Waals surface area contributed by atoms with Crippen molar-refractivity contribution in [2.75, 3.05) is 13.1 Å². The van der Waals surface area contributed by atoms with Gasteiger partial charge in [0.1, 0.15) is 0 Å². The molecule has 1 aromatic rings. The summed E-state index contributed by atoms with van der Waals surface area (Å²) in [6.07, 6.45) is 2.24. The Hall–Kier alpha value is -1.39. The van der Waals surface area contributed by atoms with E-state index in [1.807, 2.05) is 23.1 Å². The normalized spacial score (nSPS) is 30.8. The number of likely N-dealkylation sites (tertiary alicyclic amines) is 1. The third-order valence-electron chi connectivity index (χ3n) is 4.13. The number of hydrogen-bond donors (Lipinski definition) is 2. The second-order valence-electron chi connectivity index (χ2n) is 5.45. The molecule has 2 aliphatic rings. The Morgan fingerprint density at radius 3 is 2.79 bits per heavy atom. The number of amides is 1. The minimum Gasteiger partial charge on any atom is -0.392 e. The van der Waals surface area contributed by atoms with Gasteiger partial charge in [0.2, 0.25) is 5.91 Å². The zero-order chi connectivity index (χ0) is 13.2. The Kier molecular flexibility index (Phi) is 3.53. The molecule has 0 spiro atoms. The lowest BCUT2D eigenvalue weighted by Crippen LogP contribution is -2.43.